The number of hydrogen-bond acceptors (Lipinski definition) is 7. The Morgan fingerprint density at radius 3 is 2.63 bits per heavy atom. The molecule has 2 heterocycles. The van der Waals surface area contributed by atoms with Crippen LogP contribution in [-0.4, -0.2) is 40.5 Å². The molecular weight excluding hydrogens is 383 g/mol. The Hall–Kier alpha value is -3.41. The molecule has 13 heteroatoms. The summed E-state index contributed by atoms with van der Waals surface area (Å²) in [5, 5.41) is 16.5. The first-order valence-corrected chi connectivity index (χ1v) is 7.81. The third kappa shape index (κ3) is 3.60. The van der Waals surface area contributed by atoms with Gasteiger partial charge in [0.15, 0.2) is 0 Å². The minimum atomic E-state index is -0.939. The molecule has 0 atom stereocenters. The van der Waals surface area contributed by atoms with Crippen molar-refractivity contribution in [1.29, 1.82) is 0 Å². The minimum absolute atomic E-state index is 0.0109. The second-order valence-electron chi connectivity index (χ2n) is 5.46. The maximum Gasteiger partial charge on any atom is 0.347 e. The molecule has 0 unspecified atom stereocenters. The van der Waals surface area contributed by atoms with Crippen LogP contribution in [-0.2, 0) is 20.6 Å². The van der Waals surface area contributed by atoms with Gasteiger partial charge in [-0.2, -0.15) is 5.10 Å². The van der Waals surface area contributed by atoms with Crippen LogP contribution in [0.1, 0.15) is 16.1 Å². The van der Waals surface area contributed by atoms with Crippen LogP contribution in [0.25, 0.3) is 0 Å². The second kappa shape index (κ2) is 7.07. The molecule has 0 aliphatic carbocycles. The number of carbonyl (C=O) groups excluding carboxylic acids is 1. The second-order valence-corrected chi connectivity index (χ2v) is 5.87. The Morgan fingerprint density at radius 1 is 1.26 bits per heavy atom. The summed E-state index contributed by atoms with van der Waals surface area (Å²) in [6, 6.07) is 3.55. The van der Waals surface area contributed by atoms with Crippen molar-refractivity contribution in [3.05, 3.63) is 61.1 Å². The molecule has 0 spiro atoms. The Labute approximate surface area is 155 Å². The molecule has 1 N–H and O–H groups in total. The van der Waals surface area contributed by atoms with Gasteiger partial charge in [0.25, 0.3) is 11.5 Å². The van der Waals surface area contributed by atoms with Crippen molar-refractivity contribution in [2.45, 2.75) is 6.54 Å². The lowest BCUT2D eigenvalue weighted by Crippen LogP contribution is -2.44. The fourth-order valence-electron chi connectivity index (χ4n) is 2.22. The van der Waals surface area contributed by atoms with Gasteiger partial charge in [-0.05, 0) is 28.1 Å². The quantitative estimate of drug-likeness (QED) is 0.634. The lowest BCUT2D eigenvalue weighted by Gasteiger charge is -2.10. The van der Waals surface area contributed by atoms with E-state index < -0.39 is 28.7 Å². The number of halogens is 2. The van der Waals surface area contributed by atoms with Crippen LogP contribution in [0.4, 0.5) is 10.3 Å². The fourth-order valence-corrected chi connectivity index (χ4v) is 2.45. The lowest BCUT2D eigenvalue weighted by molar-refractivity contribution is 0.101. The van der Waals surface area contributed by atoms with Crippen LogP contribution < -0.4 is 16.6 Å². The highest BCUT2D eigenvalue weighted by atomic mass is 35.5. The molecule has 0 saturated heterocycles. The molecule has 0 aliphatic heterocycles. The van der Waals surface area contributed by atoms with Gasteiger partial charge in [-0.15, -0.1) is 0 Å². The van der Waals surface area contributed by atoms with E-state index in [1.54, 1.807) is 0 Å². The number of nitrogens with zero attached hydrogens (tertiary/aromatic N) is 7. The van der Waals surface area contributed by atoms with Crippen molar-refractivity contribution >= 4 is 23.5 Å². The smallest absolute Gasteiger partial charge is 0.288 e. The molecule has 0 saturated carbocycles. The summed E-state index contributed by atoms with van der Waals surface area (Å²) in [6.45, 7) is -0.265. The Kier molecular flexibility index (Phi) is 4.81. The summed E-state index contributed by atoms with van der Waals surface area (Å²) in [6.07, 6.45) is 0. The van der Waals surface area contributed by atoms with Crippen molar-refractivity contribution in [2.24, 2.45) is 14.1 Å². The first-order valence-electron chi connectivity index (χ1n) is 7.43. The van der Waals surface area contributed by atoms with Crippen LogP contribution in [0, 0.1) is 5.82 Å². The number of tetrazole rings is 1. The van der Waals surface area contributed by atoms with Crippen molar-refractivity contribution in [3.63, 3.8) is 0 Å². The summed E-state index contributed by atoms with van der Waals surface area (Å²) in [4.78, 5) is 37.3. The maximum atomic E-state index is 13.2. The van der Waals surface area contributed by atoms with E-state index >= 15 is 0 Å². The molecule has 0 bridgehead atoms. The van der Waals surface area contributed by atoms with Gasteiger partial charge in [0.1, 0.15) is 5.82 Å². The zero-order valence-corrected chi connectivity index (χ0v) is 14.8. The highest BCUT2D eigenvalue weighted by Crippen LogP contribution is 2.17. The maximum absolute atomic E-state index is 13.2. The molecule has 0 fully saturated rings. The number of amides is 1. The van der Waals surface area contributed by atoms with Crippen LogP contribution in [0.15, 0.2) is 27.8 Å². The highest BCUT2D eigenvalue weighted by molar-refractivity contribution is 6.31. The van der Waals surface area contributed by atoms with Gasteiger partial charge in [0, 0.05) is 19.1 Å². The molecule has 11 nitrogen and oxygen atoms in total. The zero-order valence-electron chi connectivity index (χ0n) is 14.1. The van der Waals surface area contributed by atoms with Crippen LogP contribution >= 0.6 is 11.6 Å². The summed E-state index contributed by atoms with van der Waals surface area (Å²) in [5.74, 6) is -1.47. The van der Waals surface area contributed by atoms with E-state index in [-0.39, 0.29) is 17.5 Å². The van der Waals surface area contributed by atoms with E-state index in [1.807, 2.05) is 0 Å². The molecule has 27 heavy (non-hydrogen) atoms. The molecule has 0 radical (unpaired) electrons. The lowest BCUT2D eigenvalue weighted by atomic mass is 10.2. The molecule has 1 amide bonds. The normalized spacial score (nSPS) is 10.8. The van der Waals surface area contributed by atoms with Crippen LogP contribution in [0.5, 0.6) is 0 Å². The minimum Gasteiger partial charge on any atom is -0.288 e. The summed E-state index contributed by atoms with van der Waals surface area (Å²) in [5.41, 5.74) is -1.92. The first-order chi connectivity index (χ1) is 12.8. The number of benzene rings is 1. The van der Waals surface area contributed by atoms with Gasteiger partial charge in [-0.1, -0.05) is 22.8 Å². The molecule has 2 aromatic heterocycles. The van der Waals surface area contributed by atoms with Crippen molar-refractivity contribution in [3.8, 4) is 0 Å². The number of nitrogens with one attached hydrogen (secondary N) is 1. The van der Waals surface area contributed by atoms with Gasteiger partial charge in [0.05, 0.1) is 6.54 Å². The Bertz CT molecular complexity index is 1150. The average molecular weight is 395 g/mol. The number of aromatic nitrogens is 7. The van der Waals surface area contributed by atoms with Crippen molar-refractivity contribution < 1.29 is 9.18 Å². The molecule has 1 aromatic carbocycles. The van der Waals surface area contributed by atoms with E-state index in [0.717, 1.165) is 21.4 Å². The predicted octanol–water partition coefficient (Wildman–Crippen LogP) is -0.441. The fraction of sp³-hybridized carbons (Fsp3) is 0.214. The monoisotopic (exact) mass is 394 g/mol. The molecule has 0 aliphatic rings. The standard InChI is InChI=1S/C14H12ClFN8O3/c1-22-13(18-20-21-22)17-11(25)10-12(26)24(14(27)23(2)19-10)6-7-3-4-8(16)5-9(7)15/h3-5H,6H2,1-2H3,(H,17,18,21,25). The van der Waals surface area contributed by atoms with E-state index in [0.29, 0.717) is 5.56 Å². The number of rotatable bonds is 4. The number of anilines is 1. The van der Waals surface area contributed by atoms with E-state index in [2.05, 4.69) is 25.9 Å². The average Bonchev–Trinajstić information content (AvgIpc) is 3.01. The molecule has 3 rings (SSSR count). The van der Waals surface area contributed by atoms with Gasteiger partial charge in [0.2, 0.25) is 11.6 Å². The Balaban J connectivity index is 2.03. The predicted molar refractivity (Wildman–Crippen MR) is 91.0 cm³/mol. The molecule has 3 aromatic rings. The molecule has 140 valence electrons. The molecular formula is C14H12ClFN8O3. The van der Waals surface area contributed by atoms with E-state index in [1.165, 1.54) is 24.8 Å². The van der Waals surface area contributed by atoms with E-state index in [4.69, 9.17) is 11.6 Å². The zero-order chi connectivity index (χ0) is 19.7. The summed E-state index contributed by atoms with van der Waals surface area (Å²) < 4.78 is 16.0. The van der Waals surface area contributed by atoms with Gasteiger partial charge in [-0.3, -0.25) is 19.5 Å². The van der Waals surface area contributed by atoms with Crippen molar-refractivity contribution in [2.75, 3.05) is 5.32 Å². The largest absolute Gasteiger partial charge is 0.347 e. The highest BCUT2D eigenvalue weighted by Gasteiger charge is 2.21. The van der Waals surface area contributed by atoms with Crippen LogP contribution in [0.2, 0.25) is 5.02 Å². The number of hydrogen-bond donors (Lipinski definition) is 1. The third-order valence-corrected chi connectivity index (χ3v) is 3.96. The van der Waals surface area contributed by atoms with Gasteiger partial charge >= 0.3 is 5.69 Å². The van der Waals surface area contributed by atoms with Gasteiger partial charge < -0.3 is 0 Å². The Morgan fingerprint density at radius 2 is 2.00 bits per heavy atom. The summed E-state index contributed by atoms with van der Waals surface area (Å²) >= 11 is 5.95. The van der Waals surface area contributed by atoms with Gasteiger partial charge in [-0.25, -0.2) is 18.5 Å². The van der Waals surface area contributed by atoms with Crippen LogP contribution in [0.3, 0.4) is 0 Å². The summed E-state index contributed by atoms with van der Waals surface area (Å²) in [7, 11) is 2.77. The topological polar surface area (TPSA) is 130 Å². The SMILES string of the molecule is Cn1nnnc1NC(=O)c1nn(C)c(=O)n(Cc2ccc(F)cc2Cl)c1=O. The first kappa shape index (κ1) is 18.4. The van der Waals surface area contributed by atoms with Crippen molar-refractivity contribution in [1.82, 2.24) is 34.6 Å². The number of aryl methyl sites for hydroxylation is 2. The van der Waals surface area contributed by atoms with E-state index in [9.17, 15) is 18.8 Å². The third-order valence-electron chi connectivity index (χ3n) is 3.61. The number of carbonyl (C=O) groups is 1.